The number of amides is 1. The molecule has 0 unspecified atom stereocenters. The van der Waals surface area contributed by atoms with Gasteiger partial charge >= 0.3 is 0 Å². The van der Waals surface area contributed by atoms with Crippen LogP contribution in [0.15, 0.2) is 48.5 Å². The summed E-state index contributed by atoms with van der Waals surface area (Å²) in [4.78, 5) is 21.3. The van der Waals surface area contributed by atoms with Crippen LogP contribution in [0.5, 0.6) is 5.75 Å². The summed E-state index contributed by atoms with van der Waals surface area (Å²) in [5.41, 5.74) is 1.64. The van der Waals surface area contributed by atoms with E-state index in [0.717, 1.165) is 10.3 Å². The minimum Gasteiger partial charge on any atom is -0.494 e. The van der Waals surface area contributed by atoms with Crippen LogP contribution in [0.1, 0.15) is 5.56 Å². The van der Waals surface area contributed by atoms with Crippen LogP contribution >= 0.6 is 22.9 Å². The SMILES string of the molecule is COc1ccc(Cl)c2sc(N(CCN(C)C)C(=O)/C=C/c3ccccc3)nc12. The Labute approximate surface area is 173 Å². The van der Waals surface area contributed by atoms with Gasteiger partial charge in [0, 0.05) is 19.2 Å². The van der Waals surface area contributed by atoms with E-state index in [1.165, 1.54) is 11.3 Å². The Morgan fingerprint density at radius 2 is 1.93 bits per heavy atom. The summed E-state index contributed by atoms with van der Waals surface area (Å²) in [5.74, 6) is 0.515. The summed E-state index contributed by atoms with van der Waals surface area (Å²) in [7, 11) is 5.54. The Hall–Kier alpha value is -2.41. The number of hydrogen-bond donors (Lipinski definition) is 0. The zero-order valence-corrected chi connectivity index (χ0v) is 17.6. The summed E-state index contributed by atoms with van der Waals surface area (Å²) in [6, 6.07) is 13.3. The molecule has 0 bridgehead atoms. The molecule has 0 saturated carbocycles. The molecule has 0 N–H and O–H groups in total. The molecule has 5 nitrogen and oxygen atoms in total. The molecule has 0 radical (unpaired) electrons. The van der Waals surface area contributed by atoms with Crippen molar-refractivity contribution in [3.8, 4) is 5.75 Å². The van der Waals surface area contributed by atoms with Gasteiger partial charge in [-0.25, -0.2) is 4.98 Å². The van der Waals surface area contributed by atoms with Gasteiger partial charge in [0.25, 0.3) is 5.91 Å². The van der Waals surface area contributed by atoms with Crippen LogP contribution in [0.3, 0.4) is 0 Å². The number of carbonyl (C=O) groups is 1. The largest absolute Gasteiger partial charge is 0.494 e. The molecule has 1 aromatic heterocycles. The second-order valence-corrected chi connectivity index (χ2v) is 7.85. The fraction of sp³-hybridized carbons (Fsp3) is 0.238. The first-order chi connectivity index (χ1) is 13.5. The van der Waals surface area contributed by atoms with Crippen molar-refractivity contribution in [2.45, 2.75) is 0 Å². The van der Waals surface area contributed by atoms with Crippen LogP contribution < -0.4 is 9.64 Å². The Morgan fingerprint density at radius 1 is 1.18 bits per heavy atom. The fourth-order valence-electron chi connectivity index (χ4n) is 2.64. The van der Waals surface area contributed by atoms with E-state index in [2.05, 4.69) is 4.98 Å². The number of anilines is 1. The molecule has 146 valence electrons. The highest BCUT2D eigenvalue weighted by atomic mass is 35.5. The number of thiazole rings is 1. The lowest BCUT2D eigenvalue weighted by Gasteiger charge is -2.20. The van der Waals surface area contributed by atoms with Gasteiger partial charge in [-0.3, -0.25) is 9.69 Å². The quantitative estimate of drug-likeness (QED) is 0.530. The summed E-state index contributed by atoms with van der Waals surface area (Å²) >= 11 is 7.73. The lowest BCUT2D eigenvalue weighted by molar-refractivity contribution is -0.114. The minimum atomic E-state index is -0.125. The number of methoxy groups -OCH3 is 1. The van der Waals surface area contributed by atoms with E-state index in [4.69, 9.17) is 16.3 Å². The molecule has 7 heteroatoms. The maximum atomic E-state index is 13.0. The molecule has 0 atom stereocenters. The van der Waals surface area contributed by atoms with E-state index in [-0.39, 0.29) is 5.91 Å². The van der Waals surface area contributed by atoms with Crippen molar-refractivity contribution >= 4 is 50.3 Å². The van der Waals surface area contributed by atoms with Crippen LogP contribution in [-0.2, 0) is 4.79 Å². The van der Waals surface area contributed by atoms with Gasteiger partial charge in [0.05, 0.1) is 16.8 Å². The van der Waals surface area contributed by atoms with E-state index >= 15 is 0 Å². The number of benzene rings is 2. The van der Waals surface area contributed by atoms with E-state index in [9.17, 15) is 4.79 Å². The van der Waals surface area contributed by atoms with Gasteiger partial charge in [-0.1, -0.05) is 53.3 Å². The highest BCUT2D eigenvalue weighted by Crippen LogP contribution is 2.38. The molecule has 1 heterocycles. The smallest absolute Gasteiger partial charge is 0.252 e. The van der Waals surface area contributed by atoms with E-state index < -0.39 is 0 Å². The first-order valence-corrected chi connectivity index (χ1v) is 10.0. The predicted molar refractivity (Wildman–Crippen MR) is 118 cm³/mol. The highest BCUT2D eigenvalue weighted by molar-refractivity contribution is 7.23. The second-order valence-electron chi connectivity index (χ2n) is 6.46. The molecule has 0 aliphatic heterocycles. The van der Waals surface area contributed by atoms with Gasteiger partial charge in [-0.05, 0) is 37.9 Å². The van der Waals surface area contributed by atoms with Crippen molar-refractivity contribution < 1.29 is 9.53 Å². The van der Waals surface area contributed by atoms with E-state index in [1.807, 2.05) is 55.4 Å². The highest BCUT2D eigenvalue weighted by Gasteiger charge is 2.20. The molecule has 0 spiro atoms. The third-order valence-electron chi connectivity index (χ3n) is 4.15. The van der Waals surface area contributed by atoms with Crippen molar-refractivity contribution in [1.82, 2.24) is 9.88 Å². The summed E-state index contributed by atoms with van der Waals surface area (Å²) in [6.45, 7) is 1.23. The molecule has 0 fully saturated rings. The number of nitrogens with zero attached hydrogens (tertiary/aromatic N) is 3. The number of rotatable bonds is 7. The number of halogens is 1. The van der Waals surface area contributed by atoms with Gasteiger partial charge in [-0.15, -0.1) is 0 Å². The second kappa shape index (κ2) is 9.19. The molecule has 0 aliphatic rings. The minimum absolute atomic E-state index is 0.125. The number of likely N-dealkylation sites (N-methyl/N-ethyl adjacent to an activating group) is 1. The van der Waals surface area contributed by atoms with E-state index in [1.54, 1.807) is 30.2 Å². The number of fused-ring (bicyclic) bond motifs is 1. The molecule has 2 aromatic carbocycles. The van der Waals surface area contributed by atoms with Crippen molar-refractivity contribution in [3.05, 3.63) is 59.1 Å². The van der Waals surface area contributed by atoms with Crippen LogP contribution in [0.4, 0.5) is 5.13 Å². The average Bonchev–Trinajstić information content (AvgIpc) is 3.13. The van der Waals surface area contributed by atoms with Crippen LogP contribution in [0.25, 0.3) is 16.3 Å². The molecule has 28 heavy (non-hydrogen) atoms. The number of aromatic nitrogens is 1. The number of ether oxygens (including phenoxy) is 1. The molecule has 3 aromatic rings. The predicted octanol–water partition coefficient (Wildman–Crippen LogP) is 4.57. The molecular weight excluding hydrogens is 394 g/mol. The number of hydrogen-bond acceptors (Lipinski definition) is 5. The standard InChI is InChI=1S/C21H22ClN3O2S/c1-24(2)13-14-25(18(26)12-9-15-7-5-4-6-8-15)21-23-19-17(27-3)11-10-16(22)20(19)28-21/h4-12H,13-14H2,1-3H3/b12-9+. The topological polar surface area (TPSA) is 45.7 Å². The van der Waals surface area contributed by atoms with Crippen LogP contribution in [0, 0.1) is 0 Å². The zero-order valence-electron chi connectivity index (χ0n) is 16.1. The Morgan fingerprint density at radius 3 is 2.61 bits per heavy atom. The molecule has 1 amide bonds. The zero-order chi connectivity index (χ0) is 20.1. The molecular formula is C21H22ClN3O2S. The summed E-state index contributed by atoms with van der Waals surface area (Å²) in [6.07, 6.45) is 3.39. The van der Waals surface area contributed by atoms with E-state index in [0.29, 0.717) is 34.5 Å². The van der Waals surface area contributed by atoms with Gasteiger partial charge in [0.2, 0.25) is 0 Å². The van der Waals surface area contributed by atoms with Crippen molar-refractivity contribution in [2.24, 2.45) is 0 Å². The van der Waals surface area contributed by atoms with Gasteiger partial charge in [0.15, 0.2) is 5.13 Å². The maximum Gasteiger partial charge on any atom is 0.252 e. The monoisotopic (exact) mass is 415 g/mol. The lowest BCUT2D eigenvalue weighted by atomic mass is 10.2. The molecule has 3 rings (SSSR count). The first-order valence-electron chi connectivity index (χ1n) is 8.82. The molecule has 0 aliphatic carbocycles. The van der Waals surface area contributed by atoms with Gasteiger partial charge < -0.3 is 9.64 Å². The van der Waals surface area contributed by atoms with Gasteiger partial charge in [0.1, 0.15) is 11.3 Å². The van der Waals surface area contributed by atoms with Crippen LogP contribution in [0.2, 0.25) is 5.02 Å². The third kappa shape index (κ3) is 4.70. The van der Waals surface area contributed by atoms with Crippen molar-refractivity contribution in [3.63, 3.8) is 0 Å². The normalized spacial score (nSPS) is 11.5. The average molecular weight is 416 g/mol. The summed E-state index contributed by atoms with van der Waals surface area (Å²) < 4.78 is 6.21. The number of carbonyl (C=O) groups excluding carboxylic acids is 1. The Balaban J connectivity index is 1.95. The van der Waals surface area contributed by atoms with Crippen molar-refractivity contribution in [1.29, 1.82) is 0 Å². The first kappa shape index (κ1) is 20.3. The Bertz CT molecular complexity index is 986. The fourth-order valence-corrected chi connectivity index (χ4v) is 3.93. The van der Waals surface area contributed by atoms with Gasteiger partial charge in [-0.2, -0.15) is 0 Å². The lowest BCUT2D eigenvalue weighted by Crippen LogP contribution is -2.35. The Kier molecular flexibility index (Phi) is 6.67. The van der Waals surface area contributed by atoms with Crippen LogP contribution in [-0.4, -0.2) is 50.1 Å². The third-order valence-corrected chi connectivity index (χ3v) is 5.69. The summed E-state index contributed by atoms with van der Waals surface area (Å²) in [5, 5.41) is 1.20. The molecule has 0 saturated heterocycles. The maximum absolute atomic E-state index is 13.0. The van der Waals surface area contributed by atoms with Crippen molar-refractivity contribution in [2.75, 3.05) is 39.2 Å².